The molecule has 0 saturated carbocycles. The van der Waals surface area contributed by atoms with E-state index in [1.54, 1.807) is 51.5 Å². The van der Waals surface area contributed by atoms with Gasteiger partial charge in [-0.05, 0) is 49.4 Å². The van der Waals surface area contributed by atoms with Gasteiger partial charge < -0.3 is 19.6 Å². The maximum atomic E-state index is 12.1. The highest BCUT2D eigenvalue weighted by atomic mass is 79.9. The van der Waals surface area contributed by atoms with E-state index >= 15 is 0 Å². The summed E-state index contributed by atoms with van der Waals surface area (Å²) in [5, 5.41) is 6.62. The lowest BCUT2D eigenvalue weighted by atomic mass is 10.2. The summed E-state index contributed by atoms with van der Waals surface area (Å²) in [6.45, 7) is 1.63. The molecule has 0 aliphatic carbocycles. The summed E-state index contributed by atoms with van der Waals surface area (Å²) in [6.07, 6.45) is 0.769. The van der Waals surface area contributed by atoms with Gasteiger partial charge in [-0.25, -0.2) is 0 Å². The zero-order chi connectivity index (χ0) is 18.2. The number of ether oxygens (including phenoxy) is 2. The smallest absolute Gasteiger partial charge is 0.267 e. The fourth-order valence-corrected chi connectivity index (χ4v) is 2.21. The lowest BCUT2D eigenvalue weighted by Gasteiger charge is -2.10. The molecule has 25 heavy (non-hydrogen) atoms. The molecule has 0 bridgehead atoms. The summed E-state index contributed by atoms with van der Waals surface area (Å²) < 4.78 is 11.3. The SMILES string of the molecule is COc1ccc(/C=N\O[C@H](C)C(=O)Nc2ccc(Br)cc2)cc1OC. The summed E-state index contributed by atoms with van der Waals surface area (Å²) in [7, 11) is 3.13. The van der Waals surface area contributed by atoms with Gasteiger partial charge in [0.05, 0.1) is 20.4 Å². The Balaban J connectivity index is 1.92. The van der Waals surface area contributed by atoms with E-state index in [1.807, 2.05) is 12.1 Å². The molecule has 0 saturated heterocycles. The average molecular weight is 407 g/mol. The average Bonchev–Trinajstić information content (AvgIpc) is 2.63. The van der Waals surface area contributed by atoms with Gasteiger partial charge in [0.25, 0.3) is 5.91 Å². The van der Waals surface area contributed by atoms with Gasteiger partial charge in [-0.2, -0.15) is 0 Å². The fourth-order valence-electron chi connectivity index (χ4n) is 1.94. The van der Waals surface area contributed by atoms with Crippen LogP contribution in [0.5, 0.6) is 11.5 Å². The first kappa shape index (κ1) is 18.8. The van der Waals surface area contributed by atoms with Crippen molar-refractivity contribution in [2.24, 2.45) is 5.16 Å². The van der Waals surface area contributed by atoms with Crippen molar-refractivity contribution < 1.29 is 19.1 Å². The third-order valence-corrected chi connectivity index (χ3v) is 3.84. The maximum Gasteiger partial charge on any atom is 0.267 e. The first-order chi connectivity index (χ1) is 12.0. The second-order valence-corrected chi connectivity index (χ2v) is 6.01. The van der Waals surface area contributed by atoms with Crippen molar-refractivity contribution in [3.63, 3.8) is 0 Å². The molecule has 6 nitrogen and oxygen atoms in total. The highest BCUT2D eigenvalue weighted by Gasteiger charge is 2.14. The summed E-state index contributed by atoms with van der Waals surface area (Å²) in [6, 6.07) is 12.6. The van der Waals surface area contributed by atoms with Gasteiger partial charge in [-0.1, -0.05) is 21.1 Å². The molecule has 0 spiro atoms. The highest BCUT2D eigenvalue weighted by Crippen LogP contribution is 2.26. The molecule has 0 aliphatic rings. The standard InChI is InChI=1S/C18H19BrN2O4/c1-12(18(22)21-15-7-5-14(19)6-8-15)25-20-11-13-4-9-16(23-2)17(10-13)24-3/h4-12H,1-3H3,(H,21,22)/b20-11-/t12-/m1/s1. The molecule has 0 radical (unpaired) electrons. The van der Waals surface area contributed by atoms with Crippen molar-refractivity contribution in [3.05, 3.63) is 52.5 Å². The molecule has 1 atom stereocenters. The molecular formula is C18H19BrN2O4. The van der Waals surface area contributed by atoms with Crippen LogP contribution in [0.1, 0.15) is 12.5 Å². The first-order valence-electron chi connectivity index (χ1n) is 7.51. The van der Waals surface area contributed by atoms with E-state index in [-0.39, 0.29) is 5.91 Å². The Morgan fingerprint density at radius 2 is 1.80 bits per heavy atom. The molecule has 1 amide bonds. The number of rotatable bonds is 7. The minimum absolute atomic E-state index is 0.285. The number of methoxy groups -OCH3 is 2. The number of anilines is 1. The quantitative estimate of drug-likeness (QED) is 0.559. The number of hydrogen-bond acceptors (Lipinski definition) is 5. The van der Waals surface area contributed by atoms with Crippen molar-refractivity contribution in [1.82, 2.24) is 0 Å². The van der Waals surface area contributed by atoms with E-state index in [2.05, 4.69) is 26.4 Å². The van der Waals surface area contributed by atoms with Crippen LogP contribution in [0.3, 0.4) is 0 Å². The number of hydrogen-bond donors (Lipinski definition) is 1. The van der Waals surface area contributed by atoms with Crippen molar-refractivity contribution in [3.8, 4) is 11.5 Å². The Labute approximate surface area is 154 Å². The van der Waals surface area contributed by atoms with Gasteiger partial charge in [-0.15, -0.1) is 0 Å². The zero-order valence-electron chi connectivity index (χ0n) is 14.2. The Morgan fingerprint density at radius 1 is 1.12 bits per heavy atom. The van der Waals surface area contributed by atoms with Crippen molar-refractivity contribution >= 4 is 33.7 Å². The first-order valence-corrected chi connectivity index (χ1v) is 8.30. The molecular weight excluding hydrogens is 388 g/mol. The molecule has 0 aliphatic heterocycles. The second-order valence-electron chi connectivity index (χ2n) is 5.09. The van der Waals surface area contributed by atoms with Gasteiger partial charge in [-0.3, -0.25) is 4.79 Å². The summed E-state index contributed by atoms with van der Waals surface area (Å²) in [5.74, 6) is 0.932. The van der Waals surface area contributed by atoms with E-state index in [0.29, 0.717) is 17.2 Å². The summed E-state index contributed by atoms with van der Waals surface area (Å²) in [4.78, 5) is 17.3. The van der Waals surface area contributed by atoms with Crippen LogP contribution in [0.4, 0.5) is 5.69 Å². The topological polar surface area (TPSA) is 69.2 Å². The van der Waals surface area contributed by atoms with Crippen LogP contribution >= 0.6 is 15.9 Å². The molecule has 1 N–H and O–H groups in total. The number of oxime groups is 1. The van der Waals surface area contributed by atoms with Gasteiger partial charge in [0, 0.05) is 15.7 Å². The lowest BCUT2D eigenvalue weighted by Crippen LogP contribution is -2.26. The normalized spacial score (nSPS) is 11.8. The molecule has 2 rings (SSSR count). The number of carbonyl (C=O) groups is 1. The molecule has 7 heteroatoms. The minimum atomic E-state index is -0.736. The fraction of sp³-hybridized carbons (Fsp3) is 0.222. The Kier molecular flexibility index (Phi) is 6.82. The van der Waals surface area contributed by atoms with Crippen LogP contribution in [0.25, 0.3) is 0 Å². The Hall–Kier alpha value is -2.54. The number of benzene rings is 2. The van der Waals surface area contributed by atoms with Crippen molar-refractivity contribution in [2.45, 2.75) is 13.0 Å². The third-order valence-electron chi connectivity index (χ3n) is 3.31. The summed E-state index contributed by atoms with van der Waals surface area (Å²) in [5.41, 5.74) is 1.45. The molecule has 0 heterocycles. The van der Waals surface area contributed by atoms with Crippen LogP contribution in [0.2, 0.25) is 0 Å². The van der Waals surface area contributed by atoms with Crippen LogP contribution in [-0.4, -0.2) is 32.4 Å². The number of carbonyl (C=O) groups excluding carboxylic acids is 1. The monoisotopic (exact) mass is 406 g/mol. The van der Waals surface area contributed by atoms with Crippen molar-refractivity contribution in [1.29, 1.82) is 0 Å². The van der Waals surface area contributed by atoms with Crippen LogP contribution in [0, 0.1) is 0 Å². The van der Waals surface area contributed by atoms with Gasteiger partial charge in [0.2, 0.25) is 6.10 Å². The molecule has 132 valence electrons. The minimum Gasteiger partial charge on any atom is -0.493 e. The maximum absolute atomic E-state index is 12.1. The van der Waals surface area contributed by atoms with E-state index in [1.165, 1.54) is 6.21 Å². The third kappa shape index (κ3) is 5.49. The van der Waals surface area contributed by atoms with E-state index in [0.717, 1.165) is 10.0 Å². The lowest BCUT2D eigenvalue weighted by molar-refractivity contribution is -0.126. The van der Waals surface area contributed by atoms with E-state index in [4.69, 9.17) is 14.3 Å². The molecule has 2 aromatic rings. The largest absolute Gasteiger partial charge is 0.493 e. The van der Waals surface area contributed by atoms with E-state index in [9.17, 15) is 4.79 Å². The molecule has 0 fully saturated rings. The predicted molar refractivity (Wildman–Crippen MR) is 100 cm³/mol. The summed E-state index contributed by atoms with van der Waals surface area (Å²) >= 11 is 3.34. The molecule has 0 unspecified atom stereocenters. The zero-order valence-corrected chi connectivity index (χ0v) is 15.7. The highest BCUT2D eigenvalue weighted by molar-refractivity contribution is 9.10. The molecule has 2 aromatic carbocycles. The number of halogens is 1. The second kappa shape index (κ2) is 9.08. The van der Waals surface area contributed by atoms with Gasteiger partial charge in [0.15, 0.2) is 11.5 Å². The van der Waals surface area contributed by atoms with Gasteiger partial charge >= 0.3 is 0 Å². The van der Waals surface area contributed by atoms with Crippen LogP contribution in [0.15, 0.2) is 52.1 Å². The number of amides is 1. The molecule has 0 aromatic heterocycles. The van der Waals surface area contributed by atoms with Crippen LogP contribution in [-0.2, 0) is 9.63 Å². The Morgan fingerprint density at radius 3 is 2.44 bits per heavy atom. The van der Waals surface area contributed by atoms with Crippen LogP contribution < -0.4 is 14.8 Å². The Bertz CT molecular complexity index is 747. The van der Waals surface area contributed by atoms with E-state index < -0.39 is 6.10 Å². The predicted octanol–water partition coefficient (Wildman–Crippen LogP) is 3.84. The van der Waals surface area contributed by atoms with Crippen molar-refractivity contribution in [2.75, 3.05) is 19.5 Å². The van der Waals surface area contributed by atoms with Gasteiger partial charge in [0.1, 0.15) is 0 Å². The number of nitrogens with zero attached hydrogens (tertiary/aromatic N) is 1. The number of nitrogens with one attached hydrogen (secondary N) is 1.